The molecule has 0 aliphatic heterocycles. The molecule has 2 aromatic rings. The molecule has 1 saturated carbocycles. The number of carbonyl (C=O) groups is 1. The van der Waals surface area contributed by atoms with Crippen LogP contribution in [0.4, 0.5) is 11.4 Å². The van der Waals surface area contributed by atoms with E-state index in [9.17, 15) is 14.9 Å². The van der Waals surface area contributed by atoms with Gasteiger partial charge < -0.3 is 5.32 Å². The van der Waals surface area contributed by atoms with Crippen LogP contribution in [0.3, 0.4) is 0 Å². The van der Waals surface area contributed by atoms with Crippen LogP contribution in [-0.4, -0.2) is 10.8 Å². The normalized spacial score (nSPS) is 20.8. The summed E-state index contributed by atoms with van der Waals surface area (Å²) in [5.74, 6) is 0.102. The molecule has 1 aliphatic rings. The molecule has 1 aliphatic carbocycles. The molecule has 3 rings (SSSR count). The van der Waals surface area contributed by atoms with Crippen LogP contribution in [0.5, 0.6) is 0 Å². The van der Waals surface area contributed by atoms with Gasteiger partial charge in [-0.2, -0.15) is 0 Å². The minimum Gasteiger partial charge on any atom is -0.325 e. The van der Waals surface area contributed by atoms with Gasteiger partial charge >= 0.3 is 0 Å². The Balaban J connectivity index is 1.92. The van der Waals surface area contributed by atoms with E-state index in [-0.39, 0.29) is 28.8 Å². The minimum atomic E-state index is -0.400. The third-order valence-electron chi connectivity index (χ3n) is 5.06. The summed E-state index contributed by atoms with van der Waals surface area (Å²) < 4.78 is 0. The Morgan fingerprint density at radius 2 is 1.80 bits per heavy atom. The molecule has 130 valence electrons. The highest BCUT2D eigenvalue weighted by Crippen LogP contribution is 2.59. The summed E-state index contributed by atoms with van der Waals surface area (Å²) in [6.45, 7) is 8.25. The van der Waals surface area contributed by atoms with Gasteiger partial charge in [0, 0.05) is 17.1 Å². The van der Waals surface area contributed by atoms with Gasteiger partial charge in [-0.15, -0.1) is 0 Å². The predicted octanol–water partition coefficient (Wildman–Crippen LogP) is 4.92. The van der Waals surface area contributed by atoms with E-state index in [1.165, 1.54) is 11.6 Å². The predicted molar refractivity (Wildman–Crippen MR) is 99.4 cm³/mol. The third kappa shape index (κ3) is 3.02. The van der Waals surface area contributed by atoms with Crippen LogP contribution >= 0.6 is 0 Å². The number of hydrogen-bond acceptors (Lipinski definition) is 3. The van der Waals surface area contributed by atoms with E-state index >= 15 is 0 Å². The van der Waals surface area contributed by atoms with Crippen molar-refractivity contribution in [3.05, 3.63) is 58.2 Å². The van der Waals surface area contributed by atoms with Crippen LogP contribution in [0.25, 0.3) is 10.8 Å². The first kappa shape index (κ1) is 17.1. The van der Waals surface area contributed by atoms with Gasteiger partial charge in [-0.3, -0.25) is 14.9 Å². The maximum Gasteiger partial charge on any atom is 0.277 e. The second kappa shape index (κ2) is 5.99. The van der Waals surface area contributed by atoms with Crippen molar-refractivity contribution in [3.63, 3.8) is 0 Å². The smallest absolute Gasteiger partial charge is 0.277 e. The molecule has 1 N–H and O–H groups in total. The first-order valence-electron chi connectivity index (χ1n) is 8.35. The fraction of sp³-hybridized carbons (Fsp3) is 0.350. The number of amides is 1. The number of rotatable bonds is 4. The van der Waals surface area contributed by atoms with Crippen molar-refractivity contribution < 1.29 is 9.72 Å². The molecular formula is C20H22N2O3. The van der Waals surface area contributed by atoms with Crippen LogP contribution < -0.4 is 5.32 Å². The average Bonchev–Trinajstić information content (AvgIpc) is 3.07. The Morgan fingerprint density at radius 1 is 1.16 bits per heavy atom. The van der Waals surface area contributed by atoms with E-state index < -0.39 is 4.92 Å². The Bertz CT molecular complexity index is 895. The summed E-state index contributed by atoms with van der Waals surface area (Å²) in [5, 5.41) is 15.4. The highest BCUT2D eigenvalue weighted by Gasteiger charge is 2.60. The van der Waals surface area contributed by atoms with Crippen molar-refractivity contribution in [2.24, 2.45) is 17.3 Å². The van der Waals surface area contributed by atoms with E-state index in [2.05, 4.69) is 25.2 Å². The fourth-order valence-corrected chi connectivity index (χ4v) is 3.61. The van der Waals surface area contributed by atoms with Crippen molar-refractivity contribution in [1.29, 1.82) is 0 Å². The molecule has 0 bridgehead atoms. The molecule has 1 amide bonds. The van der Waals surface area contributed by atoms with Crippen LogP contribution in [-0.2, 0) is 4.79 Å². The summed E-state index contributed by atoms with van der Waals surface area (Å²) in [4.78, 5) is 23.6. The van der Waals surface area contributed by atoms with Gasteiger partial charge in [0.2, 0.25) is 5.91 Å². The number of benzene rings is 2. The number of anilines is 1. The number of hydrogen-bond donors (Lipinski definition) is 1. The van der Waals surface area contributed by atoms with Gasteiger partial charge in [-0.05, 0) is 37.3 Å². The van der Waals surface area contributed by atoms with Crippen LogP contribution in [0.15, 0.2) is 48.0 Å². The second-order valence-electron chi connectivity index (χ2n) is 7.49. The van der Waals surface area contributed by atoms with Crippen LogP contribution in [0, 0.1) is 27.4 Å². The summed E-state index contributed by atoms with van der Waals surface area (Å²) >= 11 is 0. The first-order valence-corrected chi connectivity index (χ1v) is 8.35. The molecule has 2 atom stereocenters. The molecule has 0 aromatic heterocycles. The third-order valence-corrected chi connectivity index (χ3v) is 5.06. The minimum absolute atomic E-state index is 0.0356. The highest BCUT2D eigenvalue weighted by molar-refractivity contribution is 6.06. The largest absolute Gasteiger partial charge is 0.325 e. The number of non-ortho nitro benzene ring substituents is 1. The molecule has 1 fully saturated rings. The highest BCUT2D eigenvalue weighted by atomic mass is 16.6. The number of carbonyl (C=O) groups excluding carboxylic acids is 1. The molecule has 0 radical (unpaired) electrons. The van der Waals surface area contributed by atoms with Crippen molar-refractivity contribution in [3.8, 4) is 0 Å². The Morgan fingerprint density at radius 3 is 2.40 bits per heavy atom. The molecule has 0 heterocycles. The number of nitrogens with zero attached hydrogens (tertiary/aromatic N) is 1. The average molecular weight is 338 g/mol. The zero-order valence-electron chi connectivity index (χ0n) is 14.9. The quantitative estimate of drug-likeness (QED) is 0.488. The molecule has 0 unspecified atom stereocenters. The molecule has 5 nitrogen and oxygen atoms in total. The lowest BCUT2D eigenvalue weighted by Gasteiger charge is -2.10. The molecule has 0 saturated heterocycles. The summed E-state index contributed by atoms with van der Waals surface area (Å²) in [5.41, 5.74) is 1.79. The van der Waals surface area contributed by atoms with Crippen molar-refractivity contribution in [2.45, 2.75) is 27.7 Å². The van der Waals surface area contributed by atoms with Crippen molar-refractivity contribution >= 4 is 28.1 Å². The fourth-order valence-electron chi connectivity index (χ4n) is 3.61. The van der Waals surface area contributed by atoms with Crippen LogP contribution in [0.1, 0.15) is 27.7 Å². The van der Waals surface area contributed by atoms with Gasteiger partial charge in [0.05, 0.1) is 16.2 Å². The van der Waals surface area contributed by atoms with E-state index in [0.29, 0.717) is 16.5 Å². The van der Waals surface area contributed by atoms with E-state index in [1.54, 1.807) is 24.3 Å². The van der Waals surface area contributed by atoms with Gasteiger partial charge in [0.15, 0.2) is 0 Å². The maximum atomic E-state index is 12.8. The Labute approximate surface area is 146 Å². The van der Waals surface area contributed by atoms with Crippen molar-refractivity contribution in [2.75, 3.05) is 5.32 Å². The van der Waals surface area contributed by atoms with E-state index in [4.69, 9.17) is 0 Å². The summed E-state index contributed by atoms with van der Waals surface area (Å²) in [6, 6.07) is 10.1. The maximum absolute atomic E-state index is 12.8. The number of fused-ring (bicyclic) bond motifs is 1. The lowest BCUT2D eigenvalue weighted by molar-refractivity contribution is -0.383. The van der Waals surface area contributed by atoms with Gasteiger partial charge in [-0.25, -0.2) is 0 Å². The summed E-state index contributed by atoms with van der Waals surface area (Å²) in [7, 11) is 0. The monoisotopic (exact) mass is 338 g/mol. The second-order valence-corrected chi connectivity index (χ2v) is 7.49. The van der Waals surface area contributed by atoms with E-state index in [0.717, 1.165) is 0 Å². The lowest BCUT2D eigenvalue weighted by Crippen LogP contribution is -2.17. The number of nitro benzene ring substituents is 1. The molecule has 2 aromatic carbocycles. The van der Waals surface area contributed by atoms with Crippen molar-refractivity contribution in [1.82, 2.24) is 0 Å². The SMILES string of the molecule is CC(C)=C[C@H]1[C@@H](C(=O)Nc2ccc([N+](=O)[O-])c3ccccc23)C1(C)C. The first-order chi connectivity index (χ1) is 11.7. The molecular weight excluding hydrogens is 316 g/mol. The molecule has 0 spiro atoms. The van der Waals surface area contributed by atoms with Gasteiger partial charge in [-0.1, -0.05) is 43.7 Å². The lowest BCUT2D eigenvalue weighted by atomic mass is 10.1. The molecule has 25 heavy (non-hydrogen) atoms. The number of allylic oxidation sites excluding steroid dienone is 2. The van der Waals surface area contributed by atoms with E-state index in [1.807, 2.05) is 19.9 Å². The zero-order valence-corrected chi connectivity index (χ0v) is 14.9. The number of nitro groups is 1. The van der Waals surface area contributed by atoms with Gasteiger partial charge in [0.25, 0.3) is 5.69 Å². The van der Waals surface area contributed by atoms with Gasteiger partial charge in [0.1, 0.15) is 0 Å². The Kier molecular flexibility index (Phi) is 4.11. The van der Waals surface area contributed by atoms with Crippen LogP contribution in [0.2, 0.25) is 0 Å². The standard InChI is InChI=1S/C20H22N2O3/c1-12(2)11-15-18(20(15,3)4)19(23)21-16-9-10-17(22(24)25)14-8-6-5-7-13(14)16/h5-11,15,18H,1-4H3,(H,21,23)/t15-,18-/m0/s1. The summed E-state index contributed by atoms with van der Waals surface area (Å²) in [6.07, 6.45) is 2.15. The number of nitrogens with one attached hydrogen (secondary N) is 1. The molecule has 5 heteroatoms. The Hall–Kier alpha value is -2.69. The zero-order chi connectivity index (χ0) is 18.4. The topological polar surface area (TPSA) is 72.2 Å².